The van der Waals surface area contributed by atoms with E-state index in [1.54, 1.807) is 0 Å². The molecule has 0 aliphatic carbocycles. The lowest BCUT2D eigenvalue weighted by atomic mass is 10.2. The average molecular weight is 304 g/mol. The predicted molar refractivity (Wildman–Crippen MR) is 69.8 cm³/mol. The molecule has 19 heavy (non-hydrogen) atoms. The quantitative estimate of drug-likeness (QED) is 0.274. The minimum atomic E-state index is -4.16. The van der Waals surface area contributed by atoms with Gasteiger partial charge in [-0.2, -0.15) is 0 Å². The van der Waals surface area contributed by atoms with E-state index in [-0.39, 0.29) is 24.5 Å². The summed E-state index contributed by atoms with van der Waals surface area (Å²) in [7, 11) is 1.10. The molecule has 6 nitrogen and oxygen atoms in total. The number of hydrogen-bond acceptors (Lipinski definition) is 5. The summed E-state index contributed by atoms with van der Waals surface area (Å²) >= 11 is 0. The first kappa shape index (κ1) is 15.3. The normalized spacial score (nSPS) is 10.8. The molecule has 0 spiro atoms. The standard InChI is InChI=1S/C11H10ClNO5S/c1-3-4-5-18-11-8(2)6-9(13(14)15)7-10(11)19(12,16)17/h1,6-7H,4-5H2,2H3. The molecule has 0 unspecified atom stereocenters. The van der Waals surface area contributed by atoms with Crippen LogP contribution in [0.4, 0.5) is 5.69 Å². The second kappa shape index (κ2) is 5.91. The van der Waals surface area contributed by atoms with Gasteiger partial charge in [0, 0.05) is 29.2 Å². The number of hydrogen-bond donors (Lipinski definition) is 0. The Kier molecular flexibility index (Phi) is 4.75. The predicted octanol–water partition coefficient (Wildman–Crippen LogP) is 2.23. The van der Waals surface area contributed by atoms with Crippen LogP contribution in [0.1, 0.15) is 12.0 Å². The van der Waals surface area contributed by atoms with E-state index in [4.69, 9.17) is 21.8 Å². The van der Waals surface area contributed by atoms with Crippen LogP contribution in [0.5, 0.6) is 5.75 Å². The smallest absolute Gasteiger partial charge is 0.271 e. The van der Waals surface area contributed by atoms with Gasteiger partial charge in [0.2, 0.25) is 0 Å². The van der Waals surface area contributed by atoms with E-state index in [0.717, 1.165) is 6.07 Å². The molecular weight excluding hydrogens is 294 g/mol. The lowest BCUT2D eigenvalue weighted by Gasteiger charge is -2.11. The lowest BCUT2D eigenvalue weighted by molar-refractivity contribution is -0.385. The molecule has 102 valence electrons. The highest BCUT2D eigenvalue weighted by Gasteiger charge is 2.23. The Morgan fingerprint density at radius 2 is 2.16 bits per heavy atom. The fourth-order valence-electron chi connectivity index (χ4n) is 1.41. The molecule has 1 rings (SSSR count). The first-order valence-electron chi connectivity index (χ1n) is 5.07. The van der Waals surface area contributed by atoms with Crippen molar-refractivity contribution in [2.45, 2.75) is 18.2 Å². The fraction of sp³-hybridized carbons (Fsp3) is 0.273. The largest absolute Gasteiger partial charge is 0.491 e. The topological polar surface area (TPSA) is 86.5 Å². The number of nitro groups is 1. The summed E-state index contributed by atoms with van der Waals surface area (Å²) in [5, 5.41) is 10.7. The number of halogens is 1. The fourth-order valence-corrected chi connectivity index (χ4v) is 2.45. The Bertz CT molecular complexity index is 648. The maximum atomic E-state index is 11.4. The van der Waals surface area contributed by atoms with Crippen LogP contribution in [-0.2, 0) is 9.05 Å². The molecule has 0 aliphatic heterocycles. The molecule has 1 aromatic carbocycles. The van der Waals surface area contributed by atoms with E-state index >= 15 is 0 Å². The maximum Gasteiger partial charge on any atom is 0.271 e. The van der Waals surface area contributed by atoms with E-state index in [1.807, 2.05) is 0 Å². The average Bonchev–Trinajstić information content (AvgIpc) is 2.29. The number of nitro benzene ring substituents is 1. The van der Waals surface area contributed by atoms with Crippen LogP contribution in [0.3, 0.4) is 0 Å². The van der Waals surface area contributed by atoms with Crippen molar-refractivity contribution in [2.24, 2.45) is 0 Å². The summed E-state index contributed by atoms with van der Waals surface area (Å²) in [4.78, 5) is 9.57. The van der Waals surface area contributed by atoms with Crippen molar-refractivity contribution >= 4 is 25.4 Å². The van der Waals surface area contributed by atoms with Gasteiger partial charge >= 0.3 is 0 Å². The lowest BCUT2D eigenvalue weighted by Crippen LogP contribution is -2.04. The summed E-state index contributed by atoms with van der Waals surface area (Å²) in [5.41, 5.74) is -0.0773. The Morgan fingerprint density at radius 3 is 2.63 bits per heavy atom. The number of ether oxygens (including phenoxy) is 1. The summed E-state index contributed by atoms with van der Waals surface area (Å²) in [6.07, 6.45) is 5.33. The van der Waals surface area contributed by atoms with Gasteiger partial charge in [-0.3, -0.25) is 10.1 Å². The van der Waals surface area contributed by atoms with Crippen molar-refractivity contribution in [3.8, 4) is 18.1 Å². The SMILES string of the molecule is C#CCCOc1c(C)cc([N+](=O)[O-])cc1S(=O)(=O)Cl. The van der Waals surface area contributed by atoms with Gasteiger partial charge in [0.05, 0.1) is 11.5 Å². The van der Waals surface area contributed by atoms with Gasteiger partial charge in [-0.25, -0.2) is 8.42 Å². The second-order valence-electron chi connectivity index (χ2n) is 3.59. The van der Waals surface area contributed by atoms with Crippen molar-refractivity contribution in [1.29, 1.82) is 0 Å². The van der Waals surface area contributed by atoms with Crippen LogP contribution < -0.4 is 4.74 Å². The summed E-state index contributed by atoms with van der Waals surface area (Å²) in [6, 6.07) is 2.07. The molecule has 0 heterocycles. The number of aryl methyl sites for hydroxylation is 1. The number of rotatable bonds is 5. The Balaban J connectivity index is 3.37. The third-order valence-corrected chi connectivity index (χ3v) is 3.52. The first-order chi connectivity index (χ1) is 8.77. The van der Waals surface area contributed by atoms with Crippen molar-refractivity contribution in [2.75, 3.05) is 6.61 Å². The zero-order chi connectivity index (χ0) is 14.6. The molecule has 8 heteroatoms. The van der Waals surface area contributed by atoms with Gasteiger partial charge in [0.15, 0.2) is 0 Å². The van der Waals surface area contributed by atoms with Gasteiger partial charge < -0.3 is 4.74 Å². The number of benzene rings is 1. The van der Waals surface area contributed by atoms with Crippen LogP contribution in [0.2, 0.25) is 0 Å². The van der Waals surface area contributed by atoms with Crippen LogP contribution >= 0.6 is 10.7 Å². The van der Waals surface area contributed by atoms with Gasteiger partial charge in [0.1, 0.15) is 10.6 Å². The maximum absolute atomic E-state index is 11.4. The van der Waals surface area contributed by atoms with E-state index in [9.17, 15) is 18.5 Å². The number of terminal acetylenes is 1. The Morgan fingerprint density at radius 1 is 1.53 bits per heavy atom. The van der Waals surface area contributed by atoms with Crippen molar-refractivity contribution in [1.82, 2.24) is 0 Å². The van der Waals surface area contributed by atoms with Crippen LogP contribution in [0.25, 0.3) is 0 Å². The summed E-state index contributed by atoms with van der Waals surface area (Å²) in [5.74, 6) is 2.31. The molecule has 0 aromatic heterocycles. The zero-order valence-electron chi connectivity index (χ0n) is 9.92. The first-order valence-corrected chi connectivity index (χ1v) is 7.38. The molecule has 0 bridgehead atoms. The minimum Gasteiger partial charge on any atom is -0.491 e. The van der Waals surface area contributed by atoms with Crippen molar-refractivity contribution in [3.63, 3.8) is 0 Å². The number of nitrogens with zero attached hydrogens (tertiary/aromatic N) is 1. The van der Waals surface area contributed by atoms with E-state index in [0.29, 0.717) is 5.56 Å². The Hall–Kier alpha value is -1.78. The molecule has 0 radical (unpaired) electrons. The number of non-ortho nitro benzene ring substituents is 1. The van der Waals surface area contributed by atoms with Crippen LogP contribution in [0.15, 0.2) is 17.0 Å². The molecule has 0 fully saturated rings. The molecule has 0 saturated heterocycles. The van der Waals surface area contributed by atoms with Crippen LogP contribution in [0, 0.1) is 29.4 Å². The highest BCUT2D eigenvalue weighted by molar-refractivity contribution is 8.13. The van der Waals surface area contributed by atoms with Gasteiger partial charge in [-0.15, -0.1) is 12.3 Å². The summed E-state index contributed by atoms with van der Waals surface area (Å²) in [6.45, 7) is 1.58. The van der Waals surface area contributed by atoms with Crippen molar-refractivity contribution < 1.29 is 18.1 Å². The molecule has 0 saturated carbocycles. The Labute approximate surface area is 114 Å². The molecule has 0 N–H and O–H groups in total. The van der Waals surface area contributed by atoms with E-state index in [1.165, 1.54) is 13.0 Å². The van der Waals surface area contributed by atoms with E-state index in [2.05, 4.69) is 5.92 Å². The molecular formula is C11H10ClNO5S. The monoisotopic (exact) mass is 303 g/mol. The highest BCUT2D eigenvalue weighted by Crippen LogP contribution is 2.34. The van der Waals surface area contributed by atoms with Crippen molar-refractivity contribution in [3.05, 3.63) is 27.8 Å². The highest BCUT2D eigenvalue weighted by atomic mass is 35.7. The molecule has 0 aliphatic rings. The molecule has 1 aromatic rings. The third-order valence-electron chi connectivity index (χ3n) is 2.19. The molecule has 0 atom stereocenters. The van der Waals surface area contributed by atoms with E-state index < -0.39 is 18.9 Å². The molecule has 0 amide bonds. The summed E-state index contributed by atoms with van der Waals surface area (Å²) < 4.78 is 28.1. The van der Waals surface area contributed by atoms with Gasteiger partial charge in [-0.05, 0) is 12.5 Å². The second-order valence-corrected chi connectivity index (χ2v) is 6.12. The van der Waals surface area contributed by atoms with Gasteiger partial charge in [0.25, 0.3) is 14.7 Å². The van der Waals surface area contributed by atoms with Crippen LogP contribution in [-0.4, -0.2) is 19.9 Å². The van der Waals surface area contributed by atoms with Gasteiger partial charge in [-0.1, -0.05) is 0 Å². The minimum absolute atomic E-state index is 0.0177. The third kappa shape index (κ3) is 3.84. The zero-order valence-corrected chi connectivity index (χ0v) is 11.5.